The fraction of sp³-hybridized carbons (Fsp3) is 0.780. The summed E-state index contributed by atoms with van der Waals surface area (Å²) in [5.41, 5.74) is 11.3. The Hall–Kier alpha value is -2.83. The molecule has 2 amide bonds. The fourth-order valence-electron chi connectivity index (χ4n) is 7.24. The summed E-state index contributed by atoms with van der Waals surface area (Å²) in [4.78, 5) is 41.3. The summed E-state index contributed by atoms with van der Waals surface area (Å²) >= 11 is 0. The number of carbonyl (C=O) groups excluding carboxylic acids is 3. The molecule has 1 unspecified atom stereocenters. The van der Waals surface area contributed by atoms with E-state index in [-0.39, 0.29) is 37.0 Å². The van der Waals surface area contributed by atoms with Crippen LogP contribution >= 0.6 is 0 Å². The van der Waals surface area contributed by atoms with Crippen LogP contribution in [-0.2, 0) is 28.6 Å². The van der Waals surface area contributed by atoms with Gasteiger partial charge >= 0.3 is 5.97 Å². The van der Waals surface area contributed by atoms with Crippen molar-refractivity contribution in [3.05, 3.63) is 48.6 Å². The number of hydrogen-bond acceptors (Lipinski definition) is 9. The average molecular weight is 858 g/mol. The number of carbonyl (C=O) groups is 3. The largest absolute Gasteiger partial charge is 0.464 e. The Morgan fingerprint density at radius 1 is 0.574 bits per heavy atom. The lowest BCUT2D eigenvalue weighted by Crippen LogP contribution is -2.49. The summed E-state index contributed by atoms with van der Waals surface area (Å²) in [7, 11) is 0. The molecular weight excluding hydrogens is 767 g/mol. The number of nitrogens with one attached hydrogen (secondary N) is 2. The van der Waals surface area contributed by atoms with Gasteiger partial charge in [0.25, 0.3) is 0 Å². The van der Waals surface area contributed by atoms with E-state index < -0.39 is 12.0 Å². The van der Waals surface area contributed by atoms with Gasteiger partial charge in [-0.3, -0.25) is 14.5 Å². The Balaban J connectivity index is 2.44. The Morgan fingerprint density at radius 2 is 1.03 bits per heavy atom. The molecule has 0 spiro atoms. The maximum Gasteiger partial charge on any atom is 0.330 e. The van der Waals surface area contributed by atoms with Crippen LogP contribution in [0.4, 0.5) is 0 Å². The molecule has 11 nitrogen and oxygen atoms in total. The summed E-state index contributed by atoms with van der Waals surface area (Å²) in [5, 5.41) is 5.73. The van der Waals surface area contributed by atoms with E-state index >= 15 is 0 Å². The van der Waals surface area contributed by atoms with Crippen molar-refractivity contribution in [1.82, 2.24) is 15.5 Å². The van der Waals surface area contributed by atoms with Crippen LogP contribution in [0.3, 0.4) is 0 Å². The Kier molecular flexibility index (Phi) is 39.1. The molecule has 352 valence electrons. The minimum Gasteiger partial charge on any atom is -0.464 e. The SMILES string of the molecule is CCCCC/C=C\C/C=C\CCCCCCCCOC(=O)C(CNC(=O)CCCCCCC/C=C\C/C=C\CCCCC)NC(=O)CCN1C[C@H](OCCN)[C@H](OCCN)C1. The molecule has 3 atom stereocenters. The molecule has 0 radical (unpaired) electrons. The molecule has 0 aromatic carbocycles. The number of nitrogens with zero attached hydrogens (tertiary/aromatic N) is 1. The molecule has 0 bridgehead atoms. The molecule has 0 aliphatic carbocycles. The molecule has 0 aromatic heterocycles. The number of allylic oxidation sites excluding steroid dienone is 8. The number of esters is 1. The van der Waals surface area contributed by atoms with Gasteiger partial charge in [-0.2, -0.15) is 0 Å². The predicted octanol–water partition coefficient (Wildman–Crippen LogP) is 9.15. The minimum atomic E-state index is -0.953. The number of ether oxygens (including phenoxy) is 3. The van der Waals surface area contributed by atoms with Crippen molar-refractivity contribution in [2.75, 3.05) is 59.1 Å². The maximum atomic E-state index is 13.2. The lowest BCUT2D eigenvalue weighted by atomic mass is 10.1. The van der Waals surface area contributed by atoms with Crippen LogP contribution in [0.15, 0.2) is 48.6 Å². The quantitative estimate of drug-likeness (QED) is 0.0267. The van der Waals surface area contributed by atoms with Gasteiger partial charge in [-0.05, 0) is 77.0 Å². The van der Waals surface area contributed by atoms with E-state index in [0.717, 1.165) is 83.5 Å². The summed E-state index contributed by atoms with van der Waals surface area (Å²) in [5.74, 6) is -0.906. The summed E-state index contributed by atoms with van der Waals surface area (Å²) < 4.78 is 17.4. The van der Waals surface area contributed by atoms with E-state index in [1.54, 1.807) is 0 Å². The van der Waals surface area contributed by atoms with E-state index in [2.05, 4.69) is 78.0 Å². The first-order chi connectivity index (χ1) is 29.9. The standard InChI is InChI=1S/C50H91N5O6/c1-3-5-7-9-11-13-15-17-19-21-23-25-27-29-31-33-39-61-50(58)45(54-49(57)35-38-55-43-46(59-40-36-51)47(44-55)60-41-37-52)42-53-48(56)34-32-30-28-26-24-22-20-18-16-14-12-10-8-6-4-2/h11-14,17-20,45-47H,3-10,15-16,21-44,51-52H2,1-2H3,(H,53,56)(H,54,57)/b13-11-,14-12-,19-17-,20-18-/t45?,46-,47+. The molecule has 1 heterocycles. The molecule has 0 saturated carbocycles. The number of rotatable bonds is 42. The van der Waals surface area contributed by atoms with Crippen molar-refractivity contribution in [2.24, 2.45) is 11.5 Å². The monoisotopic (exact) mass is 858 g/mol. The zero-order valence-electron chi connectivity index (χ0n) is 38.9. The second kappa shape index (κ2) is 42.5. The summed E-state index contributed by atoms with van der Waals surface area (Å²) in [6, 6.07) is -0.953. The highest BCUT2D eigenvalue weighted by Crippen LogP contribution is 2.17. The van der Waals surface area contributed by atoms with Crippen LogP contribution in [0, 0.1) is 0 Å². The summed E-state index contributed by atoms with van der Waals surface area (Å²) in [6.07, 6.45) is 44.4. The first-order valence-electron chi connectivity index (χ1n) is 24.6. The van der Waals surface area contributed by atoms with Crippen molar-refractivity contribution in [2.45, 2.75) is 193 Å². The number of likely N-dealkylation sites (tertiary alicyclic amines) is 1. The van der Waals surface area contributed by atoms with E-state index in [1.165, 1.54) is 64.2 Å². The molecule has 1 aliphatic heterocycles. The number of hydrogen-bond donors (Lipinski definition) is 4. The normalized spacial score (nSPS) is 16.5. The highest BCUT2D eigenvalue weighted by Gasteiger charge is 2.34. The maximum absolute atomic E-state index is 13.2. The third kappa shape index (κ3) is 34.4. The highest BCUT2D eigenvalue weighted by atomic mass is 16.5. The summed E-state index contributed by atoms with van der Waals surface area (Å²) in [6.45, 7) is 8.18. The van der Waals surface area contributed by atoms with Crippen molar-refractivity contribution < 1.29 is 28.6 Å². The average Bonchev–Trinajstić information content (AvgIpc) is 3.66. The van der Waals surface area contributed by atoms with Crippen LogP contribution in [-0.4, -0.2) is 100 Å². The van der Waals surface area contributed by atoms with Crippen LogP contribution in [0.25, 0.3) is 0 Å². The first-order valence-corrected chi connectivity index (χ1v) is 24.6. The molecular formula is C50H91N5O6. The Labute approximate surface area is 372 Å². The van der Waals surface area contributed by atoms with Crippen molar-refractivity contribution in [3.8, 4) is 0 Å². The van der Waals surface area contributed by atoms with Gasteiger partial charge in [0, 0.05) is 52.1 Å². The highest BCUT2D eigenvalue weighted by molar-refractivity contribution is 5.85. The van der Waals surface area contributed by atoms with Crippen LogP contribution in [0.2, 0.25) is 0 Å². The first kappa shape index (κ1) is 56.2. The van der Waals surface area contributed by atoms with Gasteiger partial charge in [0.1, 0.15) is 6.04 Å². The zero-order chi connectivity index (χ0) is 44.3. The topological polar surface area (TPSA) is 158 Å². The molecule has 1 fully saturated rings. The van der Waals surface area contributed by atoms with E-state index in [9.17, 15) is 14.4 Å². The van der Waals surface area contributed by atoms with E-state index in [0.29, 0.717) is 59.0 Å². The van der Waals surface area contributed by atoms with Crippen molar-refractivity contribution >= 4 is 17.8 Å². The second-order valence-corrected chi connectivity index (χ2v) is 16.6. The molecule has 1 saturated heterocycles. The molecule has 1 rings (SSSR count). The number of unbranched alkanes of at least 4 members (excludes halogenated alkanes) is 17. The number of amides is 2. The molecule has 6 N–H and O–H groups in total. The Bertz CT molecular complexity index is 1160. The van der Waals surface area contributed by atoms with Gasteiger partial charge in [-0.1, -0.05) is 133 Å². The molecule has 11 heteroatoms. The Morgan fingerprint density at radius 3 is 1.52 bits per heavy atom. The zero-order valence-corrected chi connectivity index (χ0v) is 38.9. The van der Waals surface area contributed by atoms with Crippen LogP contribution < -0.4 is 22.1 Å². The fourth-order valence-corrected chi connectivity index (χ4v) is 7.24. The van der Waals surface area contributed by atoms with E-state index in [4.69, 9.17) is 25.7 Å². The lowest BCUT2D eigenvalue weighted by Gasteiger charge is -2.20. The smallest absolute Gasteiger partial charge is 0.330 e. The van der Waals surface area contributed by atoms with Crippen molar-refractivity contribution in [3.63, 3.8) is 0 Å². The van der Waals surface area contributed by atoms with Gasteiger partial charge in [-0.25, -0.2) is 4.79 Å². The molecule has 61 heavy (non-hydrogen) atoms. The predicted molar refractivity (Wildman–Crippen MR) is 253 cm³/mol. The minimum absolute atomic E-state index is 0.00107. The number of nitrogens with two attached hydrogens (primary N) is 2. The van der Waals surface area contributed by atoms with Crippen molar-refractivity contribution in [1.29, 1.82) is 0 Å². The van der Waals surface area contributed by atoms with Crippen LogP contribution in [0.1, 0.15) is 174 Å². The third-order valence-electron chi connectivity index (χ3n) is 10.9. The lowest BCUT2D eigenvalue weighted by molar-refractivity contribution is -0.148. The van der Waals surface area contributed by atoms with Gasteiger partial charge in [-0.15, -0.1) is 0 Å². The van der Waals surface area contributed by atoms with Crippen LogP contribution in [0.5, 0.6) is 0 Å². The van der Waals surface area contributed by atoms with Gasteiger partial charge < -0.3 is 36.3 Å². The van der Waals surface area contributed by atoms with E-state index in [1.807, 2.05) is 0 Å². The molecule has 1 aliphatic rings. The molecule has 0 aromatic rings. The second-order valence-electron chi connectivity index (χ2n) is 16.6. The third-order valence-corrected chi connectivity index (χ3v) is 10.9. The van der Waals surface area contributed by atoms with Gasteiger partial charge in [0.15, 0.2) is 0 Å². The van der Waals surface area contributed by atoms with Gasteiger partial charge in [0.05, 0.1) is 32.0 Å². The van der Waals surface area contributed by atoms with Gasteiger partial charge in [0.2, 0.25) is 11.8 Å².